The van der Waals surface area contributed by atoms with Crippen LogP contribution in [0.4, 0.5) is 5.69 Å². The van der Waals surface area contributed by atoms with Gasteiger partial charge >= 0.3 is 0 Å². The maximum Gasteiger partial charge on any atom is 0.227 e. The molecule has 0 N–H and O–H groups in total. The van der Waals surface area contributed by atoms with Crippen LogP contribution < -0.4 is 9.64 Å². The molecular formula is C19H19N3O3S. The molecule has 1 aliphatic rings. The van der Waals surface area contributed by atoms with Crippen LogP contribution in [0, 0.1) is 0 Å². The summed E-state index contributed by atoms with van der Waals surface area (Å²) in [5.74, 6) is 1.98. The summed E-state index contributed by atoms with van der Waals surface area (Å²) >= 11 is 1.56. The van der Waals surface area contributed by atoms with E-state index < -0.39 is 0 Å². The summed E-state index contributed by atoms with van der Waals surface area (Å²) in [5, 5.41) is 5.96. The van der Waals surface area contributed by atoms with Gasteiger partial charge in [-0.3, -0.25) is 4.79 Å². The first kappa shape index (κ1) is 16.8. The van der Waals surface area contributed by atoms with Gasteiger partial charge in [0.1, 0.15) is 5.75 Å². The van der Waals surface area contributed by atoms with Gasteiger partial charge in [-0.15, -0.1) is 11.3 Å². The molecule has 1 aromatic carbocycles. The monoisotopic (exact) mass is 369 g/mol. The molecular weight excluding hydrogens is 350 g/mol. The number of carbonyl (C=O) groups excluding carboxylic acids is 1. The minimum Gasteiger partial charge on any atom is -0.497 e. The maximum absolute atomic E-state index is 12.7. The third-order valence-electron chi connectivity index (χ3n) is 4.47. The molecule has 0 spiro atoms. The van der Waals surface area contributed by atoms with Crippen LogP contribution in [0.2, 0.25) is 0 Å². The van der Waals surface area contributed by atoms with Gasteiger partial charge in [0.15, 0.2) is 0 Å². The minimum absolute atomic E-state index is 0.0759. The number of nitrogens with zero attached hydrogens (tertiary/aromatic N) is 3. The van der Waals surface area contributed by atoms with Crippen molar-refractivity contribution < 1.29 is 14.1 Å². The molecule has 2 aromatic heterocycles. The molecule has 4 rings (SSSR count). The molecule has 1 aliphatic heterocycles. The number of hydrogen-bond donors (Lipinski definition) is 0. The van der Waals surface area contributed by atoms with Crippen molar-refractivity contribution in [2.45, 2.75) is 25.7 Å². The fourth-order valence-corrected chi connectivity index (χ4v) is 3.82. The molecule has 0 saturated carbocycles. The first-order chi connectivity index (χ1) is 12.7. The lowest BCUT2D eigenvalue weighted by molar-refractivity contribution is -0.118. The normalized spacial score (nSPS) is 13.5. The number of carbonyl (C=O) groups is 1. The van der Waals surface area contributed by atoms with Gasteiger partial charge in [-0.25, -0.2) is 0 Å². The molecule has 1 amide bonds. The van der Waals surface area contributed by atoms with Crippen molar-refractivity contribution in [3.8, 4) is 16.5 Å². The van der Waals surface area contributed by atoms with Crippen LogP contribution in [0.15, 0.2) is 40.2 Å². The highest BCUT2D eigenvalue weighted by molar-refractivity contribution is 7.13. The van der Waals surface area contributed by atoms with Crippen molar-refractivity contribution >= 4 is 22.9 Å². The summed E-state index contributed by atoms with van der Waals surface area (Å²) in [6.07, 6.45) is 2.70. The van der Waals surface area contributed by atoms with E-state index in [1.807, 2.05) is 40.6 Å². The lowest BCUT2D eigenvalue weighted by atomic mass is 10.0. The van der Waals surface area contributed by atoms with E-state index in [0.717, 1.165) is 41.3 Å². The number of benzene rings is 1. The van der Waals surface area contributed by atoms with Crippen molar-refractivity contribution in [3.63, 3.8) is 0 Å². The van der Waals surface area contributed by atoms with Crippen LogP contribution >= 0.6 is 11.3 Å². The van der Waals surface area contributed by atoms with Crippen molar-refractivity contribution in [2.75, 3.05) is 18.6 Å². The highest BCUT2D eigenvalue weighted by atomic mass is 32.1. The van der Waals surface area contributed by atoms with Gasteiger partial charge in [0, 0.05) is 25.1 Å². The molecule has 6 nitrogen and oxygen atoms in total. The number of amides is 1. The van der Waals surface area contributed by atoms with Crippen molar-refractivity contribution in [1.82, 2.24) is 10.1 Å². The van der Waals surface area contributed by atoms with Crippen LogP contribution in [-0.2, 0) is 17.6 Å². The molecule has 7 heteroatoms. The van der Waals surface area contributed by atoms with Gasteiger partial charge in [-0.1, -0.05) is 11.2 Å². The Morgan fingerprint density at radius 2 is 2.31 bits per heavy atom. The Hall–Kier alpha value is -2.67. The second-order valence-electron chi connectivity index (χ2n) is 6.13. The Balaban J connectivity index is 1.43. The minimum atomic E-state index is 0.0759. The van der Waals surface area contributed by atoms with Crippen LogP contribution in [0.3, 0.4) is 0 Å². The number of anilines is 1. The number of ether oxygens (including phenoxy) is 1. The van der Waals surface area contributed by atoms with E-state index in [1.165, 1.54) is 0 Å². The standard InChI is InChI=1S/C19H19N3O3S/c1-24-14-6-7-15-13(12-14)4-2-10-22(15)18(23)9-8-17-20-19(21-25-17)16-5-3-11-26-16/h3,5-7,11-12H,2,4,8-10H2,1H3. The fourth-order valence-electron chi connectivity index (χ4n) is 3.17. The quantitative estimate of drug-likeness (QED) is 0.686. The number of fused-ring (bicyclic) bond motifs is 1. The summed E-state index contributed by atoms with van der Waals surface area (Å²) in [5.41, 5.74) is 2.13. The molecule has 0 radical (unpaired) electrons. The van der Waals surface area contributed by atoms with Gasteiger partial charge in [0.2, 0.25) is 17.6 Å². The lowest BCUT2D eigenvalue weighted by Crippen LogP contribution is -2.35. The highest BCUT2D eigenvalue weighted by Crippen LogP contribution is 2.31. The summed E-state index contributed by atoms with van der Waals surface area (Å²) in [7, 11) is 1.66. The Kier molecular flexibility index (Phi) is 4.71. The Morgan fingerprint density at radius 1 is 1.38 bits per heavy atom. The van der Waals surface area contributed by atoms with Crippen LogP contribution in [0.5, 0.6) is 5.75 Å². The Bertz CT molecular complexity index is 905. The van der Waals surface area contributed by atoms with Gasteiger partial charge < -0.3 is 14.2 Å². The van der Waals surface area contributed by atoms with Crippen LogP contribution in [0.25, 0.3) is 10.7 Å². The summed E-state index contributed by atoms with van der Waals surface area (Å²) in [4.78, 5) is 19.9. The number of methoxy groups -OCH3 is 1. The second-order valence-corrected chi connectivity index (χ2v) is 7.08. The molecule has 3 aromatic rings. The predicted octanol–water partition coefficient (Wildman–Crippen LogP) is 3.72. The fraction of sp³-hybridized carbons (Fsp3) is 0.316. The van der Waals surface area contributed by atoms with E-state index in [4.69, 9.17) is 9.26 Å². The average molecular weight is 369 g/mol. The zero-order valence-corrected chi connectivity index (χ0v) is 15.3. The third kappa shape index (κ3) is 3.35. The van der Waals surface area contributed by atoms with E-state index >= 15 is 0 Å². The molecule has 0 bridgehead atoms. The second kappa shape index (κ2) is 7.29. The highest BCUT2D eigenvalue weighted by Gasteiger charge is 2.23. The SMILES string of the molecule is COc1ccc2c(c1)CCCN2C(=O)CCc1nc(-c2cccs2)no1. The zero-order chi connectivity index (χ0) is 17.9. The number of thiophene rings is 1. The molecule has 0 atom stereocenters. The summed E-state index contributed by atoms with van der Waals surface area (Å²) in [6.45, 7) is 0.739. The van der Waals surface area contributed by atoms with E-state index in [1.54, 1.807) is 18.4 Å². The largest absolute Gasteiger partial charge is 0.497 e. The van der Waals surface area contributed by atoms with E-state index in [2.05, 4.69) is 10.1 Å². The predicted molar refractivity (Wildman–Crippen MR) is 99.6 cm³/mol. The van der Waals surface area contributed by atoms with Crippen molar-refractivity contribution in [2.24, 2.45) is 0 Å². The zero-order valence-electron chi connectivity index (χ0n) is 14.5. The van der Waals surface area contributed by atoms with Crippen LogP contribution in [0.1, 0.15) is 24.3 Å². The van der Waals surface area contributed by atoms with Crippen LogP contribution in [-0.4, -0.2) is 29.7 Å². The number of rotatable bonds is 5. The van der Waals surface area contributed by atoms with E-state index in [0.29, 0.717) is 24.6 Å². The molecule has 0 unspecified atom stereocenters. The number of aromatic nitrogens is 2. The Labute approximate surface area is 155 Å². The topological polar surface area (TPSA) is 68.5 Å². The first-order valence-corrected chi connectivity index (χ1v) is 9.46. The maximum atomic E-state index is 12.7. The molecule has 26 heavy (non-hydrogen) atoms. The average Bonchev–Trinajstić information content (AvgIpc) is 3.36. The molecule has 0 fully saturated rings. The molecule has 3 heterocycles. The van der Waals surface area contributed by atoms with Gasteiger partial charge in [0.05, 0.1) is 12.0 Å². The number of hydrogen-bond acceptors (Lipinski definition) is 6. The van der Waals surface area contributed by atoms with Gasteiger partial charge in [-0.2, -0.15) is 4.98 Å². The van der Waals surface area contributed by atoms with Crippen molar-refractivity contribution in [3.05, 3.63) is 47.2 Å². The lowest BCUT2D eigenvalue weighted by Gasteiger charge is -2.29. The summed E-state index contributed by atoms with van der Waals surface area (Å²) in [6, 6.07) is 9.77. The Morgan fingerprint density at radius 3 is 3.12 bits per heavy atom. The van der Waals surface area contributed by atoms with Gasteiger partial charge in [-0.05, 0) is 48.1 Å². The summed E-state index contributed by atoms with van der Waals surface area (Å²) < 4.78 is 10.6. The first-order valence-electron chi connectivity index (χ1n) is 8.58. The third-order valence-corrected chi connectivity index (χ3v) is 5.33. The number of aryl methyl sites for hydroxylation is 2. The molecule has 134 valence electrons. The van der Waals surface area contributed by atoms with E-state index in [-0.39, 0.29) is 5.91 Å². The smallest absolute Gasteiger partial charge is 0.227 e. The van der Waals surface area contributed by atoms with Gasteiger partial charge in [0.25, 0.3) is 0 Å². The molecule has 0 saturated heterocycles. The van der Waals surface area contributed by atoms with Crippen molar-refractivity contribution in [1.29, 1.82) is 0 Å². The molecule has 0 aliphatic carbocycles. The van der Waals surface area contributed by atoms with E-state index in [9.17, 15) is 4.79 Å².